The van der Waals surface area contributed by atoms with E-state index < -0.39 is 12.1 Å². The molecule has 2 aliphatic rings. The number of quaternary nitrogens is 1. The van der Waals surface area contributed by atoms with Crippen molar-refractivity contribution in [2.45, 2.75) is 18.2 Å². The van der Waals surface area contributed by atoms with Crippen LogP contribution in [0.1, 0.15) is 0 Å². The summed E-state index contributed by atoms with van der Waals surface area (Å²) in [6.07, 6.45) is -0.874. The molecule has 0 spiro atoms. The number of carbonyl (C=O) groups is 2. The predicted molar refractivity (Wildman–Crippen MR) is 34.8 cm³/mol. The molecule has 3 atom stereocenters. The number of hydrogen-bond acceptors (Lipinski definition) is 4. The van der Waals surface area contributed by atoms with E-state index in [1.165, 1.54) is 0 Å². The van der Waals surface area contributed by atoms with Crippen molar-refractivity contribution in [2.75, 3.05) is 6.61 Å². The molecular formula is C6H9N2O4+. The van der Waals surface area contributed by atoms with Gasteiger partial charge >= 0.3 is 12.1 Å². The van der Waals surface area contributed by atoms with Crippen molar-refractivity contribution in [3.05, 3.63) is 0 Å². The number of hydrogen-bond donors (Lipinski definition) is 2. The zero-order valence-corrected chi connectivity index (χ0v) is 6.28. The molecule has 12 heavy (non-hydrogen) atoms. The number of cyclic esters (lactones) is 1. The second kappa shape index (κ2) is 2.34. The molecule has 0 unspecified atom stereocenters. The van der Waals surface area contributed by atoms with Crippen LogP contribution in [0.25, 0.3) is 0 Å². The van der Waals surface area contributed by atoms with Crippen molar-refractivity contribution >= 4 is 12.1 Å². The lowest BCUT2D eigenvalue weighted by Gasteiger charge is -2.23. The van der Waals surface area contributed by atoms with E-state index in [2.05, 4.69) is 15.8 Å². The Bertz CT molecular complexity index is 242. The fourth-order valence-corrected chi connectivity index (χ4v) is 1.38. The van der Waals surface area contributed by atoms with Gasteiger partial charge in [-0.1, -0.05) is 0 Å². The number of fused-ring (bicyclic) bond motifs is 1. The van der Waals surface area contributed by atoms with Gasteiger partial charge in [-0.3, -0.25) is 0 Å². The zero-order chi connectivity index (χ0) is 8.72. The molecule has 0 radical (unpaired) electrons. The van der Waals surface area contributed by atoms with Gasteiger partial charge < -0.3 is 20.5 Å². The fraction of sp³-hybridized carbons (Fsp3) is 0.667. The maximum Gasteiger partial charge on any atom is 0.407 e. The lowest BCUT2D eigenvalue weighted by atomic mass is 10.1. The molecule has 66 valence electrons. The number of ether oxygens (including phenoxy) is 2. The smallest absolute Gasteiger partial charge is 0.407 e. The maximum absolute atomic E-state index is 11.0. The molecule has 1 amide bonds. The molecule has 0 aromatic carbocycles. The molecule has 2 aliphatic heterocycles. The maximum atomic E-state index is 11.0. The van der Waals surface area contributed by atoms with Crippen LogP contribution in [0.2, 0.25) is 0 Å². The highest BCUT2D eigenvalue weighted by atomic mass is 16.6. The van der Waals surface area contributed by atoms with Crippen LogP contribution in [0.15, 0.2) is 0 Å². The third-order valence-corrected chi connectivity index (χ3v) is 2.07. The second-order valence-corrected chi connectivity index (χ2v) is 2.85. The summed E-state index contributed by atoms with van der Waals surface area (Å²) in [5.41, 5.74) is 3.59. The Hall–Kier alpha value is -1.30. The Kier molecular flexibility index (Phi) is 1.44. The highest BCUT2D eigenvalue weighted by Gasteiger charge is 2.49. The first-order valence-electron chi connectivity index (χ1n) is 3.65. The van der Waals surface area contributed by atoms with Crippen molar-refractivity contribution in [3.63, 3.8) is 0 Å². The van der Waals surface area contributed by atoms with E-state index in [1.54, 1.807) is 0 Å². The standard InChI is InChI=1S/C6H8N2O4/c7-3-4-2(12-5(3)9)1-11-6(10)8-4/h2-4H,1,7H2,(H,8,10)/p+1/t2-,3-,4+/m1/s1. The van der Waals surface area contributed by atoms with Crippen LogP contribution in [0.4, 0.5) is 4.79 Å². The number of nitrogens with one attached hydrogen (secondary N) is 1. The predicted octanol–water partition coefficient (Wildman–Crippen LogP) is -2.37. The molecule has 4 N–H and O–H groups in total. The Morgan fingerprint density at radius 3 is 3.00 bits per heavy atom. The summed E-state index contributed by atoms with van der Waals surface area (Å²) >= 11 is 0. The van der Waals surface area contributed by atoms with Crippen molar-refractivity contribution < 1.29 is 24.8 Å². The quantitative estimate of drug-likeness (QED) is 0.400. The summed E-state index contributed by atoms with van der Waals surface area (Å²) in [6, 6.07) is -0.832. The number of esters is 1. The Morgan fingerprint density at radius 2 is 2.25 bits per heavy atom. The van der Waals surface area contributed by atoms with Crippen LogP contribution in [0, 0.1) is 0 Å². The second-order valence-electron chi connectivity index (χ2n) is 2.85. The van der Waals surface area contributed by atoms with Gasteiger partial charge in [0.25, 0.3) is 0 Å². The van der Waals surface area contributed by atoms with Gasteiger partial charge in [-0.25, -0.2) is 9.59 Å². The largest absolute Gasteiger partial charge is 0.452 e. The van der Waals surface area contributed by atoms with Gasteiger partial charge in [-0.15, -0.1) is 0 Å². The third-order valence-electron chi connectivity index (χ3n) is 2.07. The molecule has 0 aromatic heterocycles. The summed E-state index contributed by atoms with van der Waals surface area (Å²) < 4.78 is 9.52. The monoisotopic (exact) mass is 173 g/mol. The van der Waals surface area contributed by atoms with E-state index in [9.17, 15) is 9.59 Å². The van der Waals surface area contributed by atoms with Crippen molar-refractivity contribution in [1.82, 2.24) is 5.32 Å². The highest BCUT2D eigenvalue weighted by molar-refractivity contribution is 5.80. The van der Waals surface area contributed by atoms with Crippen LogP contribution < -0.4 is 11.1 Å². The molecule has 0 bridgehead atoms. The summed E-state index contributed by atoms with van der Waals surface area (Å²) in [7, 11) is 0. The van der Waals surface area contributed by atoms with Gasteiger partial charge in [0.15, 0.2) is 6.10 Å². The minimum Gasteiger partial charge on any atom is -0.452 e. The topological polar surface area (TPSA) is 92.3 Å². The van der Waals surface area contributed by atoms with Crippen LogP contribution in [0.5, 0.6) is 0 Å². The van der Waals surface area contributed by atoms with Gasteiger partial charge in [0, 0.05) is 0 Å². The van der Waals surface area contributed by atoms with Crippen LogP contribution in [-0.4, -0.2) is 36.9 Å². The fourth-order valence-electron chi connectivity index (χ4n) is 1.38. The molecule has 6 nitrogen and oxygen atoms in total. The van der Waals surface area contributed by atoms with E-state index in [1.807, 2.05) is 0 Å². The van der Waals surface area contributed by atoms with Crippen molar-refractivity contribution in [3.8, 4) is 0 Å². The van der Waals surface area contributed by atoms with Gasteiger partial charge in [0.2, 0.25) is 6.04 Å². The van der Waals surface area contributed by atoms with Gasteiger partial charge in [0.05, 0.1) is 0 Å². The van der Waals surface area contributed by atoms with E-state index >= 15 is 0 Å². The first-order valence-corrected chi connectivity index (χ1v) is 3.65. The van der Waals surface area contributed by atoms with Crippen LogP contribution >= 0.6 is 0 Å². The molecule has 2 heterocycles. The van der Waals surface area contributed by atoms with E-state index in [0.717, 1.165) is 0 Å². The van der Waals surface area contributed by atoms with Gasteiger partial charge in [-0.2, -0.15) is 0 Å². The first-order chi connectivity index (χ1) is 5.68. The molecule has 0 aliphatic carbocycles. The molecule has 0 aromatic rings. The van der Waals surface area contributed by atoms with Gasteiger partial charge in [0.1, 0.15) is 12.6 Å². The molecular weight excluding hydrogens is 164 g/mol. The summed E-state index contributed by atoms with van der Waals surface area (Å²) in [5, 5.41) is 2.49. The van der Waals surface area contributed by atoms with E-state index in [-0.39, 0.29) is 24.7 Å². The molecule has 2 fully saturated rings. The van der Waals surface area contributed by atoms with Crippen molar-refractivity contribution in [1.29, 1.82) is 0 Å². The Balaban J connectivity index is 2.15. The molecule has 0 saturated carbocycles. The number of carbonyl (C=O) groups excluding carboxylic acids is 2. The average Bonchev–Trinajstić information content (AvgIpc) is 2.31. The highest BCUT2D eigenvalue weighted by Crippen LogP contribution is 2.16. The van der Waals surface area contributed by atoms with Crippen molar-refractivity contribution in [2.24, 2.45) is 0 Å². The van der Waals surface area contributed by atoms with Crippen LogP contribution in [-0.2, 0) is 14.3 Å². The molecule has 2 saturated heterocycles. The SMILES string of the molecule is [NH3+][C@H]1C(=O)O[C@@H]2COC(=O)N[C@@H]21. The normalized spacial score (nSPS) is 39.6. The lowest BCUT2D eigenvalue weighted by Crippen LogP contribution is -2.72. The Labute approximate surface area is 68.0 Å². The summed E-state index contributed by atoms with van der Waals surface area (Å²) in [4.78, 5) is 21.7. The number of rotatable bonds is 0. The van der Waals surface area contributed by atoms with Gasteiger partial charge in [-0.05, 0) is 0 Å². The summed E-state index contributed by atoms with van der Waals surface area (Å²) in [5.74, 6) is -0.379. The summed E-state index contributed by atoms with van der Waals surface area (Å²) in [6.45, 7) is 0.133. The number of amides is 1. The minimum absolute atomic E-state index is 0.133. The number of alkyl carbamates (subject to hydrolysis) is 1. The zero-order valence-electron chi connectivity index (χ0n) is 6.28. The molecule has 2 rings (SSSR count). The molecule has 6 heteroatoms. The third kappa shape index (κ3) is 0.918. The minimum atomic E-state index is -0.511. The average molecular weight is 173 g/mol. The first kappa shape index (κ1) is 7.35. The van der Waals surface area contributed by atoms with Crippen LogP contribution in [0.3, 0.4) is 0 Å². The van der Waals surface area contributed by atoms with E-state index in [4.69, 9.17) is 4.74 Å². The van der Waals surface area contributed by atoms with E-state index in [0.29, 0.717) is 0 Å². The lowest BCUT2D eigenvalue weighted by molar-refractivity contribution is -0.406. The Morgan fingerprint density at radius 1 is 1.50 bits per heavy atom.